The molecule has 96 valence electrons. The van der Waals surface area contributed by atoms with E-state index < -0.39 is 0 Å². The van der Waals surface area contributed by atoms with Crippen molar-refractivity contribution in [3.8, 4) is 0 Å². The van der Waals surface area contributed by atoms with Crippen LogP contribution in [0.25, 0.3) is 0 Å². The summed E-state index contributed by atoms with van der Waals surface area (Å²) < 4.78 is 0. The van der Waals surface area contributed by atoms with Gasteiger partial charge in [0.2, 0.25) is 0 Å². The Hall–Kier alpha value is -0.310. The summed E-state index contributed by atoms with van der Waals surface area (Å²) in [5.41, 5.74) is 1.23. The summed E-state index contributed by atoms with van der Waals surface area (Å²) >= 11 is 11.8. The molecule has 0 nitrogen and oxygen atoms in total. The molecule has 1 unspecified atom stereocenters. The first-order valence-corrected chi connectivity index (χ1v) is 8.33. The maximum absolute atomic E-state index is 6.16. The molecule has 1 heterocycles. The van der Waals surface area contributed by atoms with E-state index in [0.717, 1.165) is 11.4 Å². The summed E-state index contributed by atoms with van der Waals surface area (Å²) in [6.07, 6.45) is 4.59. The third-order valence-corrected chi connectivity index (χ3v) is 5.01. The Balaban J connectivity index is 1.75. The second-order valence-electron chi connectivity index (χ2n) is 4.36. The van der Waals surface area contributed by atoms with E-state index in [1.54, 1.807) is 0 Å². The molecule has 1 aromatic heterocycles. The van der Waals surface area contributed by atoms with Crippen LogP contribution < -0.4 is 0 Å². The van der Waals surface area contributed by atoms with Gasteiger partial charge in [-0.15, -0.1) is 11.3 Å². The maximum Gasteiger partial charge on any atom is 0.0438 e. The zero-order chi connectivity index (χ0) is 12.8. The van der Waals surface area contributed by atoms with Gasteiger partial charge in [-0.05, 0) is 48.8 Å². The van der Waals surface area contributed by atoms with Crippen LogP contribution in [0, 0.1) is 0 Å². The Kier molecular flexibility index (Phi) is 5.74. The molecule has 0 fully saturated rings. The van der Waals surface area contributed by atoms with Crippen molar-refractivity contribution >= 4 is 38.9 Å². The lowest BCUT2D eigenvalue weighted by Crippen LogP contribution is -2.03. The SMILES string of the molecule is Clc1ccccc1CC(Br)CCCc1cccs1. The van der Waals surface area contributed by atoms with Crippen molar-refractivity contribution in [2.75, 3.05) is 0 Å². The average molecular weight is 344 g/mol. The third-order valence-electron chi connectivity index (χ3n) is 2.92. The van der Waals surface area contributed by atoms with Crippen molar-refractivity contribution in [3.63, 3.8) is 0 Å². The maximum atomic E-state index is 6.16. The number of rotatable bonds is 6. The molecule has 0 aliphatic carbocycles. The lowest BCUT2D eigenvalue weighted by atomic mass is 10.1. The van der Waals surface area contributed by atoms with Crippen LogP contribution in [-0.2, 0) is 12.8 Å². The van der Waals surface area contributed by atoms with E-state index in [1.807, 2.05) is 29.5 Å². The van der Waals surface area contributed by atoms with Crippen LogP contribution in [0.5, 0.6) is 0 Å². The Morgan fingerprint density at radius 3 is 2.72 bits per heavy atom. The minimum Gasteiger partial charge on any atom is -0.149 e. The van der Waals surface area contributed by atoms with Gasteiger partial charge >= 0.3 is 0 Å². The van der Waals surface area contributed by atoms with Gasteiger partial charge in [0.05, 0.1) is 0 Å². The van der Waals surface area contributed by atoms with Gasteiger partial charge in [-0.3, -0.25) is 0 Å². The highest BCUT2D eigenvalue weighted by Crippen LogP contribution is 2.22. The predicted octanol–water partition coefficient (Wildman–Crippen LogP) is 5.73. The molecule has 18 heavy (non-hydrogen) atoms. The fourth-order valence-electron chi connectivity index (χ4n) is 1.96. The van der Waals surface area contributed by atoms with E-state index in [-0.39, 0.29) is 0 Å². The van der Waals surface area contributed by atoms with Gasteiger partial charge in [-0.2, -0.15) is 0 Å². The van der Waals surface area contributed by atoms with Crippen LogP contribution in [0.2, 0.25) is 5.02 Å². The van der Waals surface area contributed by atoms with Gasteiger partial charge in [0.15, 0.2) is 0 Å². The number of halogens is 2. The molecular weight excluding hydrogens is 328 g/mol. The number of hydrogen-bond donors (Lipinski definition) is 0. The van der Waals surface area contributed by atoms with Gasteiger partial charge in [-0.25, -0.2) is 0 Å². The minimum absolute atomic E-state index is 0.511. The highest BCUT2D eigenvalue weighted by atomic mass is 79.9. The standard InChI is InChI=1S/C15H16BrClS/c16-13(6-3-7-14-8-4-10-18-14)11-12-5-1-2-9-15(12)17/h1-2,4-5,8-10,13H,3,6-7,11H2. The summed E-state index contributed by atoms with van der Waals surface area (Å²) in [6, 6.07) is 12.4. The van der Waals surface area contributed by atoms with Crippen LogP contribution in [0.15, 0.2) is 41.8 Å². The molecule has 1 atom stereocenters. The van der Waals surface area contributed by atoms with Crippen molar-refractivity contribution in [1.82, 2.24) is 0 Å². The van der Waals surface area contributed by atoms with E-state index in [1.165, 1.54) is 29.7 Å². The molecule has 1 aromatic carbocycles. The van der Waals surface area contributed by atoms with E-state index in [2.05, 4.69) is 39.5 Å². The van der Waals surface area contributed by atoms with Crippen LogP contribution in [0.4, 0.5) is 0 Å². The van der Waals surface area contributed by atoms with Crippen molar-refractivity contribution < 1.29 is 0 Å². The van der Waals surface area contributed by atoms with Gasteiger partial charge < -0.3 is 0 Å². The molecule has 0 aliphatic heterocycles. The van der Waals surface area contributed by atoms with Crippen LogP contribution in [0.1, 0.15) is 23.3 Å². The number of alkyl halides is 1. The summed E-state index contributed by atoms with van der Waals surface area (Å²) in [5, 5.41) is 3.02. The largest absolute Gasteiger partial charge is 0.149 e. The quantitative estimate of drug-likeness (QED) is 0.587. The molecule has 0 N–H and O–H groups in total. The van der Waals surface area contributed by atoms with Crippen molar-refractivity contribution in [3.05, 3.63) is 57.2 Å². The van der Waals surface area contributed by atoms with Crippen molar-refractivity contribution in [1.29, 1.82) is 0 Å². The molecule has 3 heteroatoms. The monoisotopic (exact) mass is 342 g/mol. The molecular formula is C15H16BrClS. The lowest BCUT2D eigenvalue weighted by molar-refractivity contribution is 0.705. The molecule has 0 radical (unpaired) electrons. The Bertz CT molecular complexity index is 467. The summed E-state index contributed by atoms with van der Waals surface area (Å²) in [4.78, 5) is 1.99. The fourth-order valence-corrected chi connectivity index (χ4v) is 3.59. The van der Waals surface area contributed by atoms with E-state index in [9.17, 15) is 0 Å². The first-order valence-electron chi connectivity index (χ1n) is 6.15. The average Bonchev–Trinajstić information content (AvgIpc) is 2.85. The summed E-state index contributed by atoms with van der Waals surface area (Å²) in [7, 11) is 0. The first-order chi connectivity index (χ1) is 8.75. The van der Waals surface area contributed by atoms with Crippen molar-refractivity contribution in [2.45, 2.75) is 30.5 Å². The smallest absolute Gasteiger partial charge is 0.0438 e. The molecule has 0 saturated heterocycles. The highest BCUT2D eigenvalue weighted by Gasteiger charge is 2.08. The summed E-state index contributed by atoms with van der Waals surface area (Å²) in [5.74, 6) is 0. The number of benzene rings is 1. The molecule has 0 aliphatic rings. The topological polar surface area (TPSA) is 0 Å². The van der Waals surface area contributed by atoms with Gasteiger partial charge in [0, 0.05) is 14.7 Å². The molecule has 2 aromatic rings. The molecule has 0 amide bonds. The Labute approximate surface area is 126 Å². The number of aryl methyl sites for hydroxylation is 1. The Morgan fingerprint density at radius 1 is 1.17 bits per heavy atom. The summed E-state index contributed by atoms with van der Waals surface area (Å²) in [6.45, 7) is 0. The second kappa shape index (κ2) is 7.32. The minimum atomic E-state index is 0.511. The van der Waals surface area contributed by atoms with Crippen LogP contribution in [0.3, 0.4) is 0 Å². The molecule has 2 rings (SSSR count). The Morgan fingerprint density at radius 2 is 2.00 bits per heavy atom. The molecule has 0 bridgehead atoms. The van der Waals surface area contributed by atoms with E-state index in [4.69, 9.17) is 11.6 Å². The first kappa shape index (κ1) is 14.1. The third kappa shape index (κ3) is 4.42. The van der Waals surface area contributed by atoms with Crippen molar-refractivity contribution in [2.24, 2.45) is 0 Å². The second-order valence-corrected chi connectivity index (χ2v) is 7.10. The fraction of sp³-hybridized carbons (Fsp3) is 0.333. The van der Waals surface area contributed by atoms with Gasteiger partial charge in [0.1, 0.15) is 0 Å². The lowest BCUT2D eigenvalue weighted by Gasteiger charge is -2.10. The molecule has 0 spiro atoms. The zero-order valence-corrected chi connectivity index (χ0v) is 13.3. The normalized spacial score (nSPS) is 12.6. The number of hydrogen-bond acceptors (Lipinski definition) is 1. The van der Waals surface area contributed by atoms with E-state index >= 15 is 0 Å². The number of thiophene rings is 1. The van der Waals surface area contributed by atoms with Crippen LogP contribution >= 0.6 is 38.9 Å². The van der Waals surface area contributed by atoms with Gasteiger partial charge in [0.25, 0.3) is 0 Å². The van der Waals surface area contributed by atoms with Crippen LogP contribution in [-0.4, -0.2) is 4.83 Å². The predicted molar refractivity (Wildman–Crippen MR) is 85.1 cm³/mol. The van der Waals surface area contributed by atoms with E-state index in [0.29, 0.717) is 4.83 Å². The molecule has 0 saturated carbocycles. The van der Waals surface area contributed by atoms with Gasteiger partial charge in [-0.1, -0.05) is 51.8 Å². The highest BCUT2D eigenvalue weighted by molar-refractivity contribution is 9.09. The zero-order valence-electron chi connectivity index (χ0n) is 10.1.